The summed E-state index contributed by atoms with van der Waals surface area (Å²) >= 11 is 0. The molecule has 0 aromatic carbocycles. The van der Waals surface area contributed by atoms with Crippen molar-refractivity contribution in [2.45, 2.75) is 19.3 Å². The Morgan fingerprint density at radius 2 is 2.06 bits per heavy atom. The van der Waals surface area contributed by atoms with Gasteiger partial charge in [0.25, 0.3) is 5.09 Å². The highest BCUT2D eigenvalue weighted by molar-refractivity contribution is 5.78. The van der Waals surface area contributed by atoms with E-state index in [-0.39, 0.29) is 12.5 Å². The Hall–Kier alpha value is -1.37. The molecule has 0 atom stereocenters. The van der Waals surface area contributed by atoms with E-state index in [1.54, 1.807) is 0 Å². The van der Waals surface area contributed by atoms with Gasteiger partial charge in [-0.3, -0.25) is 4.79 Å². The van der Waals surface area contributed by atoms with E-state index in [0.717, 1.165) is 25.9 Å². The Kier molecular flexibility index (Phi) is 5.84. The molecule has 1 amide bonds. The van der Waals surface area contributed by atoms with Crippen molar-refractivity contribution in [2.75, 3.05) is 40.3 Å². The quantitative estimate of drug-likeness (QED) is 0.509. The van der Waals surface area contributed by atoms with Gasteiger partial charge in [-0.1, -0.05) is 0 Å². The van der Waals surface area contributed by atoms with Crippen LogP contribution in [0.1, 0.15) is 19.3 Å². The van der Waals surface area contributed by atoms with Crippen molar-refractivity contribution in [1.82, 2.24) is 9.80 Å². The van der Waals surface area contributed by atoms with Gasteiger partial charge in [0.1, 0.15) is 0 Å². The first-order chi connectivity index (χ1) is 8.49. The molecule has 0 aliphatic carbocycles. The molecule has 0 spiro atoms. The van der Waals surface area contributed by atoms with Crippen LogP contribution in [0, 0.1) is 16.0 Å². The van der Waals surface area contributed by atoms with Gasteiger partial charge < -0.3 is 14.6 Å². The molecule has 1 aliphatic heterocycles. The number of amides is 1. The Morgan fingerprint density at radius 3 is 2.56 bits per heavy atom. The molecule has 104 valence electrons. The molecule has 0 bridgehead atoms. The summed E-state index contributed by atoms with van der Waals surface area (Å²) in [6.45, 7) is 2.09. The average Bonchev–Trinajstić information content (AvgIpc) is 2.28. The first kappa shape index (κ1) is 14.7. The van der Waals surface area contributed by atoms with Crippen molar-refractivity contribution in [1.29, 1.82) is 0 Å². The Balaban J connectivity index is 2.20. The fraction of sp³-hybridized carbons (Fsp3) is 0.909. The minimum Gasteiger partial charge on any atom is -0.342 e. The topological polar surface area (TPSA) is 75.9 Å². The molecule has 1 heterocycles. The number of nitrogens with zero attached hydrogens (tertiary/aromatic N) is 3. The van der Waals surface area contributed by atoms with Crippen molar-refractivity contribution in [2.24, 2.45) is 5.92 Å². The summed E-state index contributed by atoms with van der Waals surface area (Å²) < 4.78 is 0. The lowest BCUT2D eigenvalue weighted by molar-refractivity contribution is -0.758. The fourth-order valence-corrected chi connectivity index (χ4v) is 2.14. The number of rotatable bonds is 6. The zero-order valence-electron chi connectivity index (χ0n) is 11.0. The van der Waals surface area contributed by atoms with Gasteiger partial charge in [0.2, 0.25) is 5.91 Å². The predicted octanol–water partition coefficient (Wildman–Crippen LogP) is 0.385. The summed E-state index contributed by atoms with van der Waals surface area (Å²) in [6, 6.07) is 0. The van der Waals surface area contributed by atoms with Gasteiger partial charge in [0, 0.05) is 13.1 Å². The van der Waals surface area contributed by atoms with E-state index in [1.807, 2.05) is 23.9 Å². The van der Waals surface area contributed by atoms with Gasteiger partial charge >= 0.3 is 0 Å². The summed E-state index contributed by atoms with van der Waals surface area (Å²) in [5.41, 5.74) is 0. The molecule has 1 aliphatic rings. The zero-order valence-corrected chi connectivity index (χ0v) is 11.0. The maximum Gasteiger partial charge on any atom is 0.294 e. The maximum atomic E-state index is 11.8. The molecule has 1 fully saturated rings. The highest BCUT2D eigenvalue weighted by Gasteiger charge is 2.22. The molecule has 1 saturated heterocycles. The summed E-state index contributed by atoms with van der Waals surface area (Å²) in [6.07, 6.45) is 2.50. The van der Waals surface area contributed by atoms with E-state index >= 15 is 0 Å². The van der Waals surface area contributed by atoms with Gasteiger partial charge in [-0.15, -0.1) is 10.1 Å². The summed E-state index contributed by atoms with van der Waals surface area (Å²) in [7, 11) is 3.75. The van der Waals surface area contributed by atoms with Crippen LogP contribution in [-0.2, 0) is 9.63 Å². The second-order valence-corrected chi connectivity index (χ2v) is 4.91. The molecule has 0 N–H and O–H groups in total. The first-order valence-electron chi connectivity index (χ1n) is 6.19. The third-order valence-corrected chi connectivity index (χ3v) is 3.14. The molecule has 18 heavy (non-hydrogen) atoms. The SMILES string of the molecule is CN(C)CC(=O)N1CCC(CCO[N+](=O)[O-])CC1. The van der Waals surface area contributed by atoms with E-state index in [0.29, 0.717) is 18.9 Å². The average molecular weight is 259 g/mol. The Bertz CT molecular complexity index is 288. The number of piperidine rings is 1. The molecule has 7 heteroatoms. The van der Waals surface area contributed by atoms with Gasteiger partial charge in [0.05, 0.1) is 13.2 Å². The highest BCUT2D eigenvalue weighted by atomic mass is 16.9. The standard InChI is InChI=1S/C11H21N3O4/c1-12(2)9-11(15)13-6-3-10(4-7-13)5-8-18-14(16)17/h10H,3-9H2,1-2H3. The van der Waals surface area contributed by atoms with E-state index in [2.05, 4.69) is 4.84 Å². The highest BCUT2D eigenvalue weighted by Crippen LogP contribution is 2.20. The lowest BCUT2D eigenvalue weighted by atomic mass is 9.94. The predicted molar refractivity (Wildman–Crippen MR) is 65.4 cm³/mol. The van der Waals surface area contributed by atoms with E-state index in [9.17, 15) is 14.9 Å². The van der Waals surface area contributed by atoms with E-state index in [1.165, 1.54) is 0 Å². The molecule has 0 radical (unpaired) electrons. The summed E-state index contributed by atoms with van der Waals surface area (Å²) in [5, 5.41) is 9.26. The van der Waals surface area contributed by atoms with Crippen LogP contribution in [0.2, 0.25) is 0 Å². The van der Waals surface area contributed by atoms with Crippen LogP contribution in [0.3, 0.4) is 0 Å². The molecule has 0 unspecified atom stereocenters. The monoisotopic (exact) mass is 259 g/mol. The lowest BCUT2D eigenvalue weighted by Crippen LogP contribution is -2.42. The van der Waals surface area contributed by atoms with Crippen molar-refractivity contribution >= 4 is 5.91 Å². The number of hydrogen-bond acceptors (Lipinski definition) is 5. The zero-order chi connectivity index (χ0) is 13.5. The second-order valence-electron chi connectivity index (χ2n) is 4.91. The maximum absolute atomic E-state index is 11.8. The van der Waals surface area contributed by atoms with Crippen LogP contribution >= 0.6 is 0 Å². The number of likely N-dealkylation sites (tertiary alicyclic amines) is 1. The van der Waals surface area contributed by atoms with Gasteiger partial charge in [0.15, 0.2) is 0 Å². The van der Waals surface area contributed by atoms with Crippen LogP contribution in [0.15, 0.2) is 0 Å². The van der Waals surface area contributed by atoms with Crippen LogP contribution in [0.4, 0.5) is 0 Å². The first-order valence-corrected chi connectivity index (χ1v) is 6.19. The van der Waals surface area contributed by atoms with Gasteiger partial charge in [-0.2, -0.15) is 0 Å². The third-order valence-electron chi connectivity index (χ3n) is 3.14. The van der Waals surface area contributed by atoms with E-state index < -0.39 is 5.09 Å². The fourth-order valence-electron chi connectivity index (χ4n) is 2.14. The normalized spacial score (nSPS) is 16.9. The molecule has 0 saturated carbocycles. The van der Waals surface area contributed by atoms with Crippen LogP contribution in [0.5, 0.6) is 0 Å². The summed E-state index contributed by atoms with van der Waals surface area (Å²) in [4.78, 5) is 29.8. The Morgan fingerprint density at radius 1 is 1.44 bits per heavy atom. The molecular formula is C11H21N3O4. The lowest BCUT2D eigenvalue weighted by Gasteiger charge is -2.32. The largest absolute Gasteiger partial charge is 0.342 e. The van der Waals surface area contributed by atoms with Crippen LogP contribution in [-0.4, -0.2) is 61.1 Å². The third kappa shape index (κ3) is 5.31. The van der Waals surface area contributed by atoms with Gasteiger partial charge in [-0.25, -0.2) is 0 Å². The minimum absolute atomic E-state index is 0.153. The number of carbonyl (C=O) groups is 1. The van der Waals surface area contributed by atoms with Crippen LogP contribution < -0.4 is 0 Å². The van der Waals surface area contributed by atoms with Crippen molar-refractivity contribution < 1.29 is 14.7 Å². The van der Waals surface area contributed by atoms with Crippen molar-refractivity contribution in [3.63, 3.8) is 0 Å². The minimum atomic E-state index is -0.754. The number of hydrogen-bond donors (Lipinski definition) is 0. The summed E-state index contributed by atoms with van der Waals surface area (Å²) in [5.74, 6) is 0.577. The van der Waals surface area contributed by atoms with Crippen molar-refractivity contribution in [3.05, 3.63) is 10.1 Å². The van der Waals surface area contributed by atoms with Crippen molar-refractivity contribution in [3.8, 4) is 0 Å². The number of likely N-dealkylation sites (N-methyl/N-ethyl adjacent to an activating group) is 1. The second kappa shape index (κ2) is 7.15. The van der Waals surface area contributed by atoms with E-state index in [4.69, 9.17) is 0 Å². The van der Waals surface area contributed by atoms with Crippen LogP contribution in [0.25, 0.3) is 0 Å². The molecule has 7 nitrogen and oxygen atoms in total. The molecule has 0 aromatic heterocycles. The van der Waals surface area contributed by atoms with Gasteiger partial charge in [-0.05, 0) is 39.3 Å². The molecule has 0 aromatic rings. The smallest absolute Gasteiger partial charge is 0.294 e. The molecular weight excluding hydrogens is 238 g/mol. The molecule has 1 rings (SSSR count). The number of carbonyl (C=O) groups excluding carboxylic acids is 1. The Labute approximate surface area is 107 Å².